The summed E-state index contributed by atoms with van der Waals surface area (Å²) in [6.07, 6.45) is 0.691. The number of nitrogens with one attached hydrogen (secondary N) is 1. The van der Waals surface area contributed by atoms with Crippen LogP contribution in [0.15, 0.2) is 22.7 Å². The molecule has 0 heterocycles. The number of amides is 1. The fraction of sp³-hybridized carbons (Fsp3) is 0.533. The van der Waals surface area contributed by atoms with Crippen LogP contribution in [-0.4, -0.2) is 38.3 Å². The number of nitrogens with two attached hydrogens (primary N) is 1. The first-order chi connectivity index (χ1) is 9.92. The molecule has 118 valence electrons. The predicted molar refractivity (Wildman–Crippen MR) is 86.5 cm³/mol. The summed E-state index contributed by atoms with van der Waals surface area (Å²) in [4.78, 5) is 11.8. The Morgan fingerprint density at radius 1 is 1.43 bits per heavy atom. The highest BCUT2D eigenvalue weighted by Crippen LogP contribution is 2.24. The van der Waals surface area contributed by atoms with E-state index in [0.29, 0.717) is 18.8 Å². The number of hydrogen-bond donors (Lipinski definition) is 2. The molecule has 5 nitrogen and oxygen atoms in total. The van der Waals surface area contributed by atoms with Crippen LogP contribution in [0.4, 0.5) is 0 Å². The number of benzene rings is 1. The molecule has 0 aliphatic rings. The van der Waals surface area contributed by atoms with Crippen molar-refractivity contribution < 1.29 is 14.3 Å². The molecule has 1 aromatic carbocycles. The Balaban J connectivity index is 2.60. The van der Waals surface area contributed by atoms with Crippen molar-refractivity contribution >= 4 is 21.8 Å². The van der Waals surface area contributed by atoms with Crippen LogP contribution >= 0.6 is 15.9 Å². The molecule has 0 aromatic heterocycles. The van der Waals surface area contributed by atoms with Crippen molar-refractivity contribution in [2.24, 2.45) is 5.73 Å². The summed E-state index contributed by atoms with van der Waals surface area (Å²) in [7, 11) is 1.60. The largest absolute Gasteiger partial charge is 0.483 e. The number of rotatable bonds is 8. The maximum Gasteiger partial charge on any atom is 0.258 e. The highest BCUT2D eigenvalue weighted by Gasteiger charge is 2.11. The fourth-order valence-corrected chi connectivity index (χ4v) is 2.36. The topological polar surface area (TPSA) is 73.6 Å². The molecule has 1 rings (SSSR count). The van der Waals surface area contributed by atoms with Gasteiger partial charge in [-0.2, -0.15) is 0 Å². The molecular weight excluding hydrogens is 336 g/mol. The molecular formula is C15H23BrN2O3. The minimum absolute atomic E-state index is 0.0252. The van der Waals surface area contributed by atoms with Gasteiger partial charge in [-0.15, -0.1) is 0 Å². The zero-order valence-corrected chi connectivity index (χ0v) is 14.3. The van der Waals surface area contributed by atoms with Gasteiger partial charge in [0.2, 0.25) is 0 Å². The van der Waals surface area contributed by atoms with Crippen molar-refractivity contribution in [3.05, 3.63) is 28.2 Å². The van der Waals surface area contributed by atoms with E-state index >= 15 is 0 Å². The van der Waals surface area contributed by atoms with Gasteiger partial charge in [0.15, 0.2) is 6.61 Å². The van der Waals surface area contributed by atoms with Gasteiger partial charge in [0, 0.05) is 23.7 Å². The number of halogens is 1. The second kappa shape index (κ2) is 9.02. The van der Waals surface area contributed by atoms with E-state index in [4.69, 9.17) is 15.2 Å². The minimum atomic E-state index is -0.172. The molecule has 3 N–H and O–H groups in total. The lowest BCUT2D eigenvalue weighted by molar-refractivity contribution is -0.124. The van der Waals surface area contributed by atoms with E-state index in [1.807, 2.05) is 32.0 Å². The number of carbonyl (C=O) groups is 1. The molecule has 0 radical (unpaired) electrons. The third kappa shape index (κ3) is 6.93. The standard InChI is InChI=1S/C15H23BrN2O3/c1-10(17)6-12-7-13(16)4-5-14(12)21-9-15(19)18-11(2)8-20-3/h4-5,7,10-11H,6,8-9,17H2,1-3H3,(H,18,19). The summed E-state index contributed by atoms with van der Waals surface area (Å²) in [6, 6.07) is 5.67. The molecule has 0 aliphatic carbocycles. The van der Waals surface area contributed by atoms with Gasteiger partial charge in [-0.25, -0.2) is 0 Å². The molecule has 1 aromatic rings. The van der Waals surface area contributed by atoms with Crippen LogP contribution in [0.1, 0.15) is 19.4 Å². The van der Waals surface area contributed by atoms with Crippen molar-refractivity contribution in [3.63, 3.8) is 0 Å². The van der Waals surface area contributed by atoms with Crippen LogP contribution < -0.4 is 15.8 Å². The van der Waals surface area contributed by atoms with Crippen molar-refractivity contribution in [1.29, 1.82) is 0 Å². The molecule has 2 atom stereocenters. The van der Waals surface area contributed by atoms with Crippen molar-refractivity contribution in [1.82, 2.24) is 5.32 Å². The van der Waals surface area contributed by atoms with Crippen molar-refractivity contribution in [2.45, 2.75) is 32.4 Å². The summed E-state index contributed by atoms with van der Waals surface area (Å²) in [5.74, 6) is 0.513. The van der Waals surface area contributed by atoms with Crippen LogP contribution in [0, 0.1) is 0 Å². The van der Waals surface area contributed by atoms with E-state index in [1.54, 1.807) is 7.11 Å². The van der Waals surface area contributed by atoms with Crippen LogP contribution in [-0.2, 0) is 16.0 Å². The zero-order valence-electron chi connectivity index (χ0n) is 12.7. The number of carbonyl (C=O) groups excluding carboxylic acids is 1. The van der Waals surface area contributed by atoms with Gasteiger partial charge in [-0.1, -0.05) is 15.9 Å². The fourth-order valence-electron chi connectivity index (χ4n) is 1.95. The first-order valence-corrected chi connectivity index (χ1v) is 7.66. The molecule has 1 amide bonds. The van der Waals surface area contributed by atoms with E-state index in [1.165, 1.54) is 0 Å². The number of hydrogen-bond acceptors (Lipinski definition) is 4. The Labute approximate surface area is 134 Å². The third-order valence-corrected chi connectivity index (χ3v) is 3.24. The number of methoxy groups -OCH3 is 1. The van der Waals surface area contributed by atoms with E-state index in [0.717, 1.165) is 10.0 Å². The first-order valence-electron chi connectivity index (χ1n) is 6.87. The molecule has 0 bridgehead atoms. The van der Waals surface area contributed by atoms with Gasteiger partial charge in [0.05, 0.1) is 6.61 Å². The normalized spacial score (nSPS) is 13.6. The minimum Gasteiger partial charge on any atom is -0.483 e. The second-order valence-electron chi connectivity index (χ2n) is 5.15. The van der Waals surface area contributed by atoms with Crippen molar-refractivity contribution in [3.8, 4) is 5.75 Å². The summed E-state index contributed by atoms with van der Waals surface area (Å²) < 4.78 is 11.5. The third-order valence-electron chi connectivity index (χ3n) is 2.75. The van der Waals surface area contributed by atoms with Crippen LogP contribution in [0.2, 0.25) is 0 Å². The predicted octanol–water partition coefficient (Wildman–Crippen LogP) is 1.87. The van der Waals surface area contributed by atoms with Gasteiger partial charge >= 0.3 is 0 Å². The average molecular weight is 359 g/mol. The number of ether oxygens (including phenoxy) is 2. The van der Waals surface area contributed by atoms with E-state index < -0.39 is 0 Å². The summed E-state index contributed by atoms with van der Waals surface area (Å²) >= 11 is 3.43. The first kappa shape index (κ1) is 17.9. The maximum absolute atomic E-state index is 11.8. The zero-order chi connectivity index (χ0) is 15.8. The molecule has 2 unspecified atom stereocenters. The molecule has 0 saturated heterocycles. The second-order valence-corrected chi connectivity index (χ2v) is 6.06. The van der Waals surface area contributed by atoms with Crippen LogP contribution in [0.25, 0.3) is 0 Å². The Morgan fingerprint density at radius 3 is 2.76 bits per heavy atom. The smallest absolute Gasteiger partial charge is 0.258 e. The Morgan fingerprint density at radius 2 is 2.14 bits per heavy atom. The molecule has 0 aliphatic heterocycles. The van der Waals surface area contributed by atoms with E-state index in [-0.39, 0.29) is 24.6 Å². The van der Waals surface area contributed by atoms with Gasteiger partial charge in [-0.3, -0.25) is 4.79 Å². The van der Waals surface area contributed by atoms with Gasteiger partial charge in [-0.05, 0) is 44.0 Å². The Hall–Kier alpha value is -1.11. The highest BCUT2D eigenvalue weighted by atomic mass is 79.9. The van der Waals surface area contributed by atoms with Gasteiger partial charge < -0.3 is 20.5 Å². The van der Waals surface area contributed by atoms with E-state index in [2.05, 4.69) is 21.2 Å². The van der Waals surface area contributed by atoms with E-state index in [9.17, 15) is 4.79 Å². The molecule has 0 saturated carbocycles. The highest BCUT2D eigenvalue weighted by molar-refractivity contribution is 9.10. The maximum atomic E-state index is 11.8. The van der Waals surface area contributed by atoms with Gasteiger partial charge in [0.25, 0.3) is 5.91 Å². The lowest BCUT2D eigenvalue weighted by atomic mass is 10.1. The van der Waals surface area contributed by atoms with Crippen molar-refractivity contribution in [2.75, 3.05) is 20.3 Å². The molecule has 21 heavy (non-hydrogen) atoms. The molecule has 0 fully saturated rings. The lowest BCUT2D eigenvalue weighted by Gasteiger charge is -2.15. The Bertz CT molecular complexity index is 466. The SMILES string of the molecule is COCC(C)NC(=O)COc1ccc(Br)cc1CC(C)N. The lowest BCUT2D eigenvalue weighted by Crippen LogP contribution is -2.38. The molecule has 6 heteroatoms. The monoisotopic (exact) mass is 358 g/mol. The van der Waals surface area contributed by atoms with Crippen LogP contribution in [0.5, 0.6) is 5.75 Å². The Kier molecular flexibility index (Phi) is 7.71. The summed E-state index contributed by atoms with van der Waals surface area (Å²) in [5, 5.41) is 2.80. The summed E-state index contributed by atoms with van der Waals surface area (Å²) in [6.45, 7) is 4.26. The quantitative estimate of drug-likeness (QED) is 0.743. The van der Waals surface area contributed by atoms with Crippen LogP contribution in [0.3, 0.4) is 0 Å². The van der Waals surface area contributed by atoms with Gasteiger partial charge in [0.1, 0.15) is 5.75 Å². The summed E-state index contributed by atoms with van der Waals surface area (Å²) in [5.41, 5.74) is 6.82. The average Bonchev–Trinajstić information content (AvgIpc) is 2.37. The molecule has 0 spiro atoms.